The van der Waals surface area contributed by atoms with Crippen molar-refractivity contribution in [1.29, 1.82) is 0 Å². The predicted molar refractivity (Wildman–Crippen MR) is 125 cm³/mol. The van der Waals surface area contributed by atoms with Crippen LogP contribution < -0.4 is 9.04 Å². The fourth-order valence-corrected chi connectivity index (χ4v) is 5.51. The molecule has 34 heavy (non-hydrogen) atoms. The Hall–Kier alpha value is -3.33. The van der Waals surface area contributed by atoms with Crippen LogP contribution in [-0.4, -0.2) is 32.2 Å². The zero-order valence-electron chi connectivity index (χ0n) is 19.0. The SMILES string of the molecule is Cc1ccc(S(=O)(=O)N(CC(C)F)c2cc3c(cc2OCc2ccc(C(=O)O)cc2)CCC3)o1. The van der Waals surface area contributed by atoms with E-state index in [0.717, 1.165) is 34.7 Å². The van der Waals surface area contributed by atoms with Gasteiger partial charge in [0, 0.05) is 0 Å². The summed E-state index contributed by atoms with van der Waals surface area (Å²) in [6.07, 6.45) is 1.16. The third kappa shape index (κ3) is 4.94. The summed E-state index contributed by atoms with van der Waals surface area (Å²) in [6.45, 7) is 2.63. The number of nitrogens with zero attached hydrogens (tertiary/aromatic N) is 1. The maximum atomic E-state index is 14.2. The molecule has 4 rings (SSSR count). The lowest BCUT2D eigenvalue weighted by Crippen LogP contribution is -2.35. The van der Waals surface area contributed by atoms with Gasteiger partial charge in [-0.3, -0.25) is 4.31 Å². The van der Waals surface area contributed by atoms with E-state index >= 15 is 0 Å². The fraction of sp³-hybridized carbons (Fsp3) is 0.320. The Bertz CT molecular complexity index is 1300. The van der Waals surface area contributed by atoms with E-state index in [2.05, 4.69) is 0 Å². The molecule has 1 aliphatic rings. The summed E-state index contributed by atoms with van der Waals surface area (Å²) in [5, 5.41) is 8.82. The van der Waals surface area contributed by atoms with Crippen LogP contribution in [-0.2, 0) is 29.5 Å². The van der Waals surface area contributed by atoms with E-state index in [1.165, 1.54) is 25.1 Å². The molecule has 1 heterocycles. The minimum Gasteiger partial charge on any atom is -0.487 e. The maximum absolute atomic E-state index is 14.2. The number of ether oxygens (including phenoxy) is 1. The number of sulfonamides is 1. The van der Waals surface area contributed by atoms with Gasteiger partial charge < -0.3 is 14.3 Å². The number of alkyl halides is 1. The van der Waals surface area contributed by atoms with Gasteiger partial charge in [0.05, 0.1) is 17.8 Å². The molecule has 0 saturated heterocycles. The molecule has 0 saturated carbocycles. The number of carboxylic acid groups (broad SMARTS) is 1. The summed E-state index contributed by atoms with van der Waals surface area (Å²) >= 11 is 0. The second kappa shape index (κ2) is 9.50. The number of halogens is 1. The number of hydrogen-bond acceptors (Lipinski definition) is 5. The average molecular weight is 488 g/mol. The van der Waals surface area contributed by atoms with Gasteiger partial charge >= 0.3 is 5.97 Å². The topological polar surface area (TPSA) is 97.0 Å². The smallest absolute Gasteiger partial charge is 0.335 e. The molecule has 1 N–H and O–H groups in total. The first-order chi connectivity index (χ1) is 16.1. The summed E-state index contributed by atoms with van der Waals surface area (Å²) in [6, 6.07) is 12.7. The van der Waals surface area contributed by atoms with Crippen molar-refractivity contribution >= 4 is 21.7 Å². The fourth-order valence-electron chi connectivity index (χ4n) is 4.02. The van der Waals surface area contributed by atoms with Crippen LogP contribution in [0.3, 0.4) is 0 Å². The van der Waals surface area contributed by atoms with Crippen LogP contribution >= 0.6 is 0 Å². The van der Waals surface area contributed by atoms with Crippen molar-refractivity contribution in [2.24, 2.45) is 0 Å². The molecule has 0 spiro atoms. The third-order valence-corrected chi connectivity index (χ3v) is 7.37. The Morgan fingerprint density at radius 2 is 1.82 bits per heavy atom. The lowest BCUT2D eigenvalue weighted by molar-refractivity contribution is 0.0696. The third-order valence-electron chi connectivity index (χ3n) is 5.71. The highest BCUT2D eigenvalue weighted by Crippen LogP contribution is 2.39. The van der Waals surface area contributed by atoms with Gasteiger partial charge in [-0.25, -0.2) is 9.18 Å². The molecule has 0 radical (unpaired) electrons. The van der Waals surface area contributed by atoms with Gasteiger partial charge in [0.25, 0.3) is 10.0 Å². The first-order valence-electron chi connectivity index (χ1n) is 11.0. The number of hydrogen-bond donors (Lipinski definition) is 1. The summed E-state index contributed by atoms with van der Waals surface area (Å²) in [5.74, 6) is -0.278. The van der Waals surface area contributed by atoms with Crippen LogP contribution in [0.5, 0.6) is 5.75 Å². The molecule has 1 aliphatic carbocycles. The molecule has 1 unspecified atom stereocenters. The number of carbonyl (C=O) groups is 1. The predicted octanol–water partition coefficient (Wildman–Crippen LogP) is 4.91. The van der Waals surface area contributed by atoms with Crippen LogP contribution in [0.2, 0.25) is 0 Å². The lowest BCUT2D eigenvalue weighted by Gasteiger charge is -2.27. The summed E-state index contributed by atoms with van der Waals surface area (Å²) < 4.78 is 53.6. The largest absolute Gasteiger partial charge is 0.487 e. The Balaban J connectivity index is 1.73. The van der Waals surface area contributed by atoms with Crippen LogP contribution in [0.15, 0.2) is 58.0 Å². The standard InChI is InChI=1S/C25H26FNO6S/c1-16(26)14-27(34(30,31)24-11-6-17(2)33-24)22-12-20-4-3-5-21(20)13-23(22)32-15-18-7-9-19(10-8-18)25(28)29/h6-13,16H,3-5,14-15H2,1-2H3,(H,28,29). The summed E-state index contributed by atoms with van der Waals surface area (Å²) in [7, 11) is -4.18. The molecule has 0 bridgehead atoms. The minimum absolute atomic E-state index is 0.0879. The molecule has 0 amide bonds. The van der Waals surface area contributed by atoms with E-state index in [1.807, 2.05) is 6.07 Å². The quantitative estimate of drug-likeness (QED) is 0.461. The van der Waals surface area contributed by atoms with Crippen molar-refractivity contribution in [2.75, 3.05) is 10.8 Å². The first-order valence-corrected chi connectivity index (χ1v) is 12.4. The Morgan fingerprint density at radius 1 is 1.15 bits per heavy atom. The highest BCUT2D eigenvalue weighted by Gasteiger charge is 2.32. The van der Waals surface area contributed by atoms with Crippen LogP contribution in [0.1, 0.15) is 46.2 Å². The maximum Gasteiger partial charge on any atom is 0.335 e. The lowest BCUT2D eigenvalue weighted by atomic mass is 10.1. The van der Waals surface area contributed by atoms with Gasteiger partial charge in [0.2, 0.25) is 5.09 Å². The van der Waals surface area contributed by atoms with Gasteiger partial charge in [-0.2, -0.15) is 8.42 Å². The van der Waals surface area contributed by atoms with Crippen molar-refractivity contribution in [2.45, 2.75) is 51.0 Å². The monoisotopic (exact) mass is 487 g/mol. The number of furan rings is 1. The minimum atomic E-state index is -4.18. The van der Waals surface area contributed by atoms with Crippen molar-refractivity contribution in [3.63, 3.8) is 0 Å². The number of anilines is 1. The number of aryl methyl sites for hydroxylation is 3. The van der Waals surface area contributed by atoms with Gasteiger partial charge in [-0.1, -0.05) is 12.1 Å². The number of rotatable bonds is 9. The summed E-state index contributed by atoms with van der Waals surface area (Å²) in [4.78, 5) is 11.1. The molecule has 3 aromatic rings. The van der Waals surface area contributed by atoms with E-state index < -0.39 is 28.7 Å². The number of benzene rings is 2. The number of aromatic carboxylic acids is 1. The highest BCUT2D eigenvalue weighted by molar-refractivity contribution is 7.92. The first kappa shape index (κ1) is 23.8. The molecule has 9 heteroatoms. The molecule has 180 valence electrons. The van der Waals surface area contributed by atoms with Gasteiger partial charge in [0.15, 0.2) is 0 Å². The zero-order chi connectivity index (χ0) is 24.5. The second-order valence-corrected chi connectivity index (χ2v) is 10.2. The second-order valence-electron chi connectivity index (χ2n) is 8.41. The van der Waals surface area contributed by atoms with Crippen LogP contribution in [0, 0.1) is 6.92 Å². The molecule has 2 aromatic carbocycles. The molecule has 1 aromatic heterocycles. The van der Waals surface area contributed by atoms with Gasteiger partial charge in [-0.15, -0.1) is 0 Å². The Labute approximate surface area is 197 Å². The normalized spacial score (nSPS) is 14.0. The van der Waals surface area contributed by atoms with E-state index in [9.17, 15) is 17.6 Å². The van der Waals surface area contributed by atoms with Gasteiger partial charge in [-0.05, 0) is 86.2 Å². The molecule has 1 atom stereocenters. The van der Waals surface area contributed by atoms with Gasteiger partial charge in [0.1, 0.15) is 24.3 Å². The molecule has 7 nitrogen and oxygen atoms in total. The van der Waals surface area contributed by atoms with Crippen molar-refractivity contribution in [3.05, 3.63) is 76.5 Å². The average Bonchev–Trinajstić information content (AvgIpc) is 3.44. The molecule has 0 aliphatic heterocycles. The van der Waals surface area contributed by atoms with Crippen molar-refractivity contribution in [3.8, 4) is 5.75 Å². The number of fused-ring (bicyclic) bond motifs is 1. The van der Waals surface area contributed by atoms with E-state index in [1.54, 1.807) is 31.2 Å². The highest BCUT2D eigenvalue weighted by atomic mass is 32.2. The van der Waals surface area contributed by atoms with E-state index in [0.29, 0.717) is 17.1 Å². The molecule has 0 fully saturated rings. The number of carboxylic acids is 1. The van der Waals surface area contributed by atoms with Crippen LogP contribution in [0.25, 0.3) is 0 Å². The Kier molecular flexibility index (Phi) is 6.65. The molecular weight excluding hydrogens is 461 g/mol. The van der Waals surface area contributed by atoms with Crippen LogP contribution in [0.4, 0.5) is 10.1 Å². The van der Waals surface area contributed by atoms with Crippen molar-refractivity contribution in [1.82, 2.24) is 0 Å². The molecular formula is C25H26FNO6S. The zero-order valence-corrected chi connectivity index (χ0v) is 19.8. The summed E-state index contributed by atoms with van der Waals surface area (Å²) in [5.41, 5.74) is 3.20. The Morgan fingerprint density at radius 3 is 2.41 bits per heavy atom. The van der Waals surface area contributed by atoms with Crippen molar-refractivity contribution < 1.29 is 31.9 Å². The van der Waals surface area contributed by atoms with E-state index in [-0.39, 0.29) is 22.9 Å². The van der Waals surface area contributed by atoms with E-state index in [4.69, 9.17) is 14.3 Å².